The first kappa shape index (κ1) is 14.7. The lowest BCUT2D eigenvalue weighted by molar-refractivity contribution is -0.137. The average Bonchev–Trinajstić information content (AvgIpc) is 3.22. The van der Waals surface area contributed by atoms with Gasteiger partial charge in [0.05, 0.1) is 18.1 Å². The Hall–Kier alpha value is -1.26. The minimum absolute atomic E-state index is 0.0519. The van der Waals surface area contributed by atoms with Crippen LogP contribution >= 0.6 is 11.6 Å². The van der Waals surface area contributed by atoms with Crippen molar-refractivity contribution in [1.29, 1.82) is 0 Å². The Balaban J connectivity index is 1.72. The fraction of sp³-hybridized carbons (Fsp3) is 0.562. The van der Waals surface area contributed by atoms with E-state index in [0.717, 1.165) is 37.9 Å². The van der Waals surface area contributed by atoms with E-state index in [1.165, 1.54) is 0 Å². The largest absolute Gasteiger partial charge is 0.486 e. The van der Waals surface area contributed by atoms with Crippen molar-refractivity contribution in [2.45, 2.75) is 43.6 Å². The number of aliphatic carboxylic acids is 1. The first-order valence-corrected chi connectivity index (χ1v) is 7.73. The number of hydrogen-bond donors (Lipinski definition) is 1. The second-order valence-electron chi connectivity index (χ2n) is 5.95. The predicted molar refractivity (Wildman–Crippen MR) is 79.1 cm³/mol. The van der Waals surface area contributed by atoms with Gasteiger partial charge in [-0.3, -0.25) is 4.79 Å². The molecule has 0 bridgehead atoms. The maximum atomic E-state index is 11.0. The second-order valence-corrected chi connectivity index (χ2v) is 6.36. The van der Waals surface area contributed by atoms with E-state index < -0.39 is 5.97 Å². The van der Waals surface area contributed by atoms with E-state index >= 15 is 0 Å². The molecule has 1 aromatic rings. The Bertz CT molecular complexity index is 533. The van der Waals surface area contributed by atoms with Crippen LogP contribution in [0.3, 0.4) is 0 Å². The van der Waals surface area contributed by atoms with Crippen LogP contribution in [0.5, 0.6) is 5.75 Å². The standard InChI is InChI=1S/C16H19ClO4/c17-13-8-11(16(5-6-16)9-15(18)19)3-4-14(13)21-12-2-1-7-20-10-12/h3-4,8,12H,1-2,5-7,9-10H2,(H,18,19). The van der Waals surface area contributed by atoms with Crippen molar-refractivity contribution in [3.63, 3.8) is 0 Å². The number of ether oxygens (including phenoxy) is 2. The molecule has 4 nitrogen and oxygen atoms in total. The third-order valence-electron chi connectivity index (χ3n) is 4.30. The zero-order valence-electron chi connectivity index (χ0n) is 11.8. The normalized spacial score (nSPS) is 23.6. The number of rotatable bonds is 5. The molecule has 1 saturated carbocycles. The van der Waals surface area contributed by atoms with Crippen LogP contribution in [0.4, 0.5) is 0 Å². The highest BCUT2D eigenvalue weighted by atomic mass is 35.5. The van der Waals surface area contributed by atoms with Gasteiger partial charge in [0.15, 0.2) is 0 Å². The highest BCUT2D eigenvalue weighted by Gasteiger charge is 2.46. The van der Waals surface area contributed by atoms with Crippen LogP contribution in [0.15, 0.2) is 18.2 Å². The molecule has 0 aromatic heterocycles. The number of carboxylic acid groups (broad SMARTS) is 1. The zero-order chi connectivity index (χ0) is 14.9. The van der Waals surface area contributed by atoms with Gasteiger partial charge >= 0.3 is 5.97 Å². The van der Waals surface area contributed by atoms with Gasteiger partial charge in [-0.05, 0) is 43.4 Å². The molecule has 1 aliphatic carbocycles. The van der Waals surface area contributed by atoms with Crippen LogP contribution in [-0.2, 0) is 14.9 Å². The van der Waals surface area contributed by atoms with Gasteiger partial charge in [-0.15, -0.1) is 0 Å². The number of benzene rings is 1. The lowest BCUT2D eigenvalue weighted by atomic mass is 9.92. The Morgan fingerprint density at radius 3 is 2.86 bits per heavy atom. The van der Waals surface area contributed by atoms with Crippen molar-refractivity contribution in [2.24, 2.45) is 0 Å². The molecular weight excluding hydrogens is 292 g/mol. The van der Waals surface area contributed by atoms with Gasteiger partial charge in [0.2, 0.25) is 0 Å². The van der Waals surface area contributed by atoms with E-state index in [2.05, 4.69) is 0 Å². The topological polar surface area (TPSA) is 55.8 Å². The lowest BCUT2D eigenvalue weighted by Crippen LogP contribution is -2.28. The van der Waals surface area contributed by atoms with E-state index in [1.54, 1.807) is 0 Å². The van der Waals surface area contributed by atoms with Crippen molar-refractivity contribution in [3.05, 3.63) is 28.8 Å². The average molecular weight is 311 g/mol. The molecule has 0 amide bonds. The molecule has 1 N–H and O–H groups in total. The smallest absolute Gasteiger partial charge is 0.304 e. The molecule has 1 aliphatic heterocycles. The van der Waals surface area contributed by atoms with E-state index in [1.807, 2.05) is 18.2 Å². The molecule has 2 aliphatic rings. The van der Waals surface area contributed by atoms with E-state index in [9.17, 15) is 4.79 Å². The molecule has 1 atom stereocenters. The SMILES string of the molecule is O=C(O)CC1(c2ccc(OC3CCCOC3)c(Cl)c2)CC1. The summed E-state index contributed by atoms with van der Waals surface area (Å²) in [5, 5.41) is 9.57. The van der Waals surface area contributed by atoms with Gasteiger partial charge in [0.25, 0.3) is 0 Å². The van der Waals surface area contributed by atoms with Crippen LogP contribution in [0, 0.1) is 0 Å². The minimum atomic E-state index is -0.761. The number of carbonyl (C=O) groups is 1. The molecule has 3 rings (SSSR count). The Kier molecular flexibility index (Phi) is 4.09. The van der Waals surface area contributed by atoms with Gasteiger partial charge < -0.3 is 14.6 Å². The molecule has 1 aromatic carbocycles. The second kappa shape index (κ2) is 5.85. The maximum absolute atomic E-state index is 11.0. The third-order valence-corrected chi connectivity index (χ3v) is 4.59. The van der Waals surface area contributed by atoms with Crippen LogP contribution < -0.4 is 4.74 Å². The fourth-order valence-electron chi connectivity index (χ4n) is 2.92. The molecular formula is C16H19ClO4. The third kappa shape index (κ3) is 3.33. The zero-order valence-corrected chi connectivity index (χ0v) is 12.6. The van der Waals surface area contributed by atoms with E-state index in [4.69, 9.17) is 26.2 Å². The summed E-state index contributed by atoms with van der Waals surface area (Å²) in [5.74, 6) is -0.106. The molecule has 0 spiro atoms. The van der Waals surface area contributed by atoms with Gasteiger partial charge in [0, 0.05) is 12.0 Å². The Morgan fingerprint density at radius 1 is 1.48 bits per heavy atom. The summed E-state index contributed by atoms with van der Waals surface area (Å²) < 4.78 is 11.3. The van der Waals surface area contributed by atoms with Crippen LogP contribution in [0.2, 0.25) is 5.02 Å². The summed E-state index contributed by atoms with van der Waals surface area (Å²) in [6.07, 6.45) is 4.01. The molecule has 2 fully saturated rings. The minimum Gasteiger partial charge on any atom is -0.486 e. The van der Waals surface area contributed by atoms with Crippen LogP contribution in [0.25, 0.3) is 0 Å². The first-order valence-electron chi connectivity index (χ1n) is 7.35. The summed E-state index contributed by atoms with van der Waals surface area (Å²) in [6.45, 7) is 1.39. The van der Waals surface area contributed by atoms with Crippen molar-refractivity contribution in [2.75, 3.05) is 13.2 Å². The monoisotopic (exact) mass is 310 g/mol. The molecule has 1 saturated heterocycles. The van der Waals surface area contributed by atoms with E-state index in [-0.39, 0.29) is 17.9 Å². The maximum Gasteiger partial charge on any atom is 0.304 e. The summed E-state index contributed by atoms with van der Waals surface area (Å²) in [4.78, 5) is 11.0. The predicted octanol–water partition coefficient (Wildman–Crippen LogP) is 3.40. The van der Waals surface area contributed by atoms with Crippen molar-refractivity contribution in [3.8, 4) is 5.75 Å². The van der Waals surface area contributed by atoms with Gasteiger partial charge in [-0.25, -0.2) is 0 Å². The summed E-state index contributed by atoms with van der Waals surface area (Å²) in [6, 6.07) is 5.66. The molecule has 21 heavy (non-hydrogen) atoms. The fourth-order valence-corrected chi connectivity index (χ4v) is 3.14. The number of carboxylic acids is 1. The molecule has 114 valence electrons. The molecule has 1 unspecified atom stereocenters. The number of hydrogen-bond acceptors (Lipinski definition) is 3. The lowest BCUT2D eigenvalue weighted by Gasteiger charge is -2.24. The summed E-state index contributed by atoms with van der Waals surface area (Å²) in [5.41, 5.74) is 0.782. The first-order chi connectivity index (χ1) is 10.1. The summed E-state index contributed by atoms with van der Waals surface area (Å²) in [7, 11) is 0. The molecule has 1 heterocycles. The van der Waals surface area contributed by atoms with E-state index in [0.29, 0.717) is 17.4 Å². The van der Waals surface area contributed by atoms with Crippen molar-refractivity contribution < 1.29 is 19.4 Å². The molecule has 0 radical (unpaired) electrons. The van der Waals surface area contributed by atoms with Gasteiger partial charge in [-0.2, -0.15) is 0 Å². The van der Waals surface area contributed by atoms with Crippen LogP contribution in [-0.4, -0.2) is 30.4 Å². The van der Waals surface area contributed by atoms with Gasteiger partial charge in [-0.1, -0.05) is 17.7 Å². The summed E-state index contributed by atoms with van der Waals surface area (Å²) >= 11 is 6.31. The van der Waals surface area contributed by atoms with Crippen molar-refractivity contribution in [1.82, 2.24) is 0 Å². The quantitative estimate of drug-likeness (QED) is 0.905. The highest BCUT2D eigenvalue weighted by Crippen LogP contribution is 2.52. The highest BCUT2D eigenvalue weighted by molar-refractivity contribution is 6.32. The Morgan fingerprint density at radius 2 is 2.29 bits per heavy atom. The Labute approximate surface area is 129 Å². The number of halogens is 1. The molecule has 5 heteroatoms. The van der Waals surface area contributed by atoms with Gasteiger partial charge in [0.1, 0.15) is 11.9 Å². The van der Waals surface area contributed by atoms with Crippen LogP contribution in [0.1, 0.15) is 37.7 Å². The van der Waals surface area contributed by atoms with Crippen molar-refractivity contribution >= 4 is 17.6 Å².